The molecule has 0 fully saturated rings. The molecule has 0 bridgehead atoms. The lowest BCUT2D eigenvalue weighted by Gasteiger charge is -2.18. The molecule has 3 aromatic rings. The van der Waals surface area contributed by atoms with E-state index in [2.05, 4.69) is 27.3 Å². The monoisotopic (exact) mass is 490 g/mol. The van der Waals surface area contributed by atoms with Gasteiger partial charge >= 0.3 is 0 Å². The number of sulfonamides is 1. The largest absolute Gasteiger partial charge is 0.493 e. The van der Waals surface area contributed by atoms with Gasteiger partial charge < -0.3 is 14.8 Å². The van der Waals surface area contributed by atoms with E-state index < -0.39 is 10.0 Å². The minimum absolute atomic E-state index is 0.0674. The van der Waals surface area contributed by atoms with E-state index in [0.717, 1.165) is 21.3 Å². The second-order valence-corrected chi connectivity index (χ2v) is 9.17. The number of benzene rings is 3. The summed E-state index contributed by atoms with van der Waals surface area (Å²) in [6.45, 7) is 2.89. The number of halogens is 1. The van der Waals surface area contributed by atoms with Crippen LogP contribution in [0.4, 0.5) is 5.69 Å². The lowest BCUT2D eigenvalue weighted by molar-refractivity contribution is 0.281. The van der Waals surface area contributed by atoms with Crippen LogP contribution >= 0.6 is 15.9 Å². The van der Waals surface area contributed by atoms with Crippen molar-refractivity contribution in [2.45, 2.75) is 25.0 Å². The van der Waals surface area contributed by atoms with Crippen molar-refractivity contribution in [1.29, 1.82) is 0 Å². The third-order valence-electron chi connectivity index (χ3n) is 4.50. The summed E-state index contributed by atoms with van der Waals surface area (Å²) in [7, 11) is -2.11. The second kappa shape index (κ2) is 9.51. The van der Waals surface area contributed by atoms with Crippen LogP contribution in [-0.4, -0.2) is 15.5 Å². The number of methoxy groups -OCH3 is 1. The smallest absolute Gasteiger partial charge is 0.238 e. The minimum Gasteiger partial charge on any atom is -0.493 e. The zero-order chi connectivity index (χ0) is 21.7. The van der Waals surface area contributed by atoms with E-state index in [0.29, 0.717) is 24.7 Å². The van der Waals surface area contributed by atoms with Gasteiger partial charge in [0, 0.05) is 22.3 Å². The molecule has 0 spiro atoms. The zero-order valence-corrected chi connectivity index (χ0v) is 19.1. The Bertz CT molecular complexity index is 1130. The molecule has 0 aliphatic rings. The average Bonchev–Trinajstić information content (AvgIpc) is 2.71. The number of anilines is 1. The van der Waals surface area contributed by atoms with Crippen molar-refractivity contribution in [2.24, 2.45) is 5.14 Å². The van der Waals surface area contributed by atoms with Crippen LogP contribution in [0.1, 0.15) is 16.7 Å². The number of rotatable bonds is 8. The van der Waals surface area contributed by atoms with Crippen LogP contribution in [0.2, 0.25) is 0 Å². The molecule has 3 N–H and O–H groups in total. The Labute approximate surface area is 185 Å². The van der Waals surface area contributed by atoms with Crippen LogP contribution in [0.3, 0.4) is 0 Å². The SMILES string of the molecule is COc1ccc(Br)c(CNc2ccc(S(N)(=O)=O)cc2)c1OCc1cccc(C)c1. The molecule has 0 aliphatic heterocycles. The highest BCUT2D eigenvalue weighted by molar-refractivity contribution is 9.10. The third-order valence-corrected chi connectivity index (χ3v) is 6.18. The van der Waals surface area contributed by atoms with Crippen LogP contribution in [0, 0.1) is 6.92 Å². The van der Waals surface area contributed by atoms with Crippen molar-refractivity contribution in [3.63, 3.8) is 0 Å². The quantitative estimate of drug-likeness (QED) is 0.481. The molecule has 0 saturated heterocycles. The summed E-state index contributed by atoms with van der Waals surface area (Å²) in [6.07, 6.45) is 0. The number of nitrogens with one attached hydrogen (secondary N) is 1. The number of aryl methyl sites for hydroxylation is 1. The summed E-state index contributed by atoms with van der Waals surface area (Å²) in [5.41, 5.74) is 3.87. The normalized spacial score (nSPS) is 11.2. The molecule has 0 aromatic heterocycles. The maximum Gasteiger partial charge on any atom is 0.238 e. The Morgan fingerprint density at radius 3 is 2.43 bits per heavy atom. The fourth-order valence-electron chi connectivity index (χ4n) is 2.98. The Morgan fingerprint density at radius 1 is 1.07 bits per heavy atom. The van der Waals surface area contributed by atoms with Gasteiger partial charge in [0.2, 0.25) is 10.0 Å². The fourth-order valence-corrected chi connectivity index (χ4v) is 3.94. The van der Waals surface area contributed by atoms with E-state index in [4.69, 9.17) is 14.6 Å². The van der Waals surface area contributed by atoms with E-state index in [-0.39, 0.29) is 4.90 Å². The lowest BCUT2D eigenvalue weighted by atomic mass is 10.1. The van der Waals surface area contributed by atoms with Gasteiger partial charge in [-0.2, -0.15) is 0 Å². The number of ether oxygens (including phenoxy) is 2. The minimum atomic E-state index is -3.72. The summed E-state index contributed by atoms with van der Waals surface area (Å²) in [4.78, 5) is 0.0674. The highest BCUT2D eigenvalue weighted by atomic mass is 79.9. The van der Waals surface area contributed by atoms with Crippen molar-refractivity contribution in [3.8, 4) is 11.5 Å². The second-order valence-electron chi connectivity index (χ2n) is 6.76. The van der Waals surface area contributed by atoms with Crippen molar-refractivity contribution in [3.05, 3.63) is 81.8 Å². The summed E-state index contributed by atoms with van der Waals surface area (Å²) in [5.74, 6) is 1.27. The first-order valence-electron chi connectivity index (χ1n) is 9.18. The van der Waals surface area contributed by atoms with E-state index in [1.165, 1.54) is 17.7 Å². The molecule has 0 unspecified atom stereocenters. The van der Waals surface area contributed by atoms with E-state index in [1.807, 2.05) is 37.3 Å². The first kappa shape index (κ1) is 22.1. The molecule has 0 amide bonds. The van der Waals surface area contributed by atoms with Gasteiger partial charge in [-0.25, -0.2) is 13.6 Å². The van der Waals surface area contributed by atoms with E-state index >= 15 is 0 Å². The van der Waals surface area contributed by atoms with Crippen LogP contribution in [0.5, 0.6) is 11.5 Å². The van der Waals surface area contributed by atoms with Crippen molar-refractivity contribution >= 4 is 31.6 Å². The maximum absolute atomic E-state index is 11.4. The number of hydrogen-bond acceptors (Lipinski definition) is 5. The maximum atomic E-state index is 11.4. The van der Waals surface area contributed by atoms with Gasteiger partial charge in [0.05, 0.1) is 12.0 Å². The summed E-state index contributed by atoms with van der Waals surface area (Å²) < 4.78 is 35.3. The molecule has 0 heterocycles. The van der Waals surface area contributed by atoms with Gasteiger partial charge in [0.15, 0.2) is 11.5 Å². The van der Waals surface area contributed by atoms with Gasteiger partial charge in [-0.1, -0.05) is 45.8 Å². The predicted octanol–water partition coefficient (Wildman–Crippen LogP) is 4.60. The highest BCUT2D eigenvalue weighted by Gasteiger charge is 2.15. The highest BCUT2D eigenvalue weighted by Crippen LogP contribution is 2.37. The topological polar surface area (TPSA) is 90.6 Å². The van der Waals surface area contributed by atoms with Crippen molar-refractivity contribution in [2.75, 3.05) is 12.4 Å². The first-order chi connectivity index (χ1) is 14.3. The molecule has 158 valence electrons. The van der Waals surface area contributed by atoms with Crippen LogP contribution < -0.4 is 19.9 Å². The van der Waals surface area contributed by atoms with Gasteiger partial charge in [-0.3, -0.25) is 0 Å². The Morgan fingerprint density at radius 2 is 1.80 bits per heavy atom. The van der Waals surface area contributed by atoms with Crippen LogP contribution in [0.15, 0.2) is 70.0 Å². The zero-order valence-electron chi connectivity index (χ0n) is 16.7. The first-order valence-corrected chi connectivity index (χ1v) is 11.5. The number of nitrogens with two attached hydrogens (primary N) is 1. The molecule has 0 saturated carbocycles. The Kier molecular flexibility index (Phi) is 7.02. The Balaban J connectivity index is 1.81. The van der Waals surface area contributed by atoms with E-state index in [9.17, 15) is 8.42 Å². The van der Waals surface area contributed by atoms with E-state index in [1.54, 1.807) is 19.2 Å². The summed E-state index contributed by atoms with van der Waals surface area (Å²) in [6, 6.07) is 18.2. The molecule has 3 aromatic carbocycles. The molecule has 6 nitrogen and oxygen atoms in total. The Hall–Kier alpha value is -2.55. The van der Waals surface area contributed by atoms with Gasteiger partial charge in [-0.15, -0.1) is 0 Å². The number of hydrogen-bond donors (Lipinski definition) is 2. The average molecular weight is 491 g/mol. The number of primary sulfonamides is 1. The molecular formula is C22H23BrN2O4S. The molecular weight excluding hydrogens is 468 g/mol. The third kappa shape index (κ3) is 5.53. The molecule has 0 radical (unpaired) electrons. The molecule has 8 heteroatoms. The molecule has 0 atom stereocenters. The van der Waals surface area contributed by atoms with Crippen molar-refractivity contribution in [1.82, 2.24) is 0 Å². The standard InChI is InChI=1S/C22H23BrN2O4S/c1-15-4-3-5-16(12-15)14-29-22-19(20(23)10-11-21(22)28-2)13-25-17-6-8-18(9-7-17)30(24,26)27/h3-12,25H,13-14H2,1-2H3,(H2,24,26,27). The molecule has 30 heavy (non-hydrogen) atoms. The summed E-state index contributed by atoms with van der Waals surface area (Å²) in [5, 5.41) is 8.43. The van der Waals surface area contributed by atoms with Crippen LogP contribution in [0.25, 0.3) is 0 Å². The summed E-state index contributed by atoms with van der Waals surface area (Å²) >= 11 is 3.59. The molecule has 0 aliphatic carbocycles. The lowest BCUT2D eigenvalue weighted by Crippen LogP contribution is -2.12. The van der Waals surface area contributed by atoms with Gasteiger partial charge in [0.25, 0.3) is 0 Å². The van der Waals surface area contributed by atoms with Crippen molar-refractivity contribution < 1.29 is 17.9 Å². The van der Waals surface area contributed by atoms with Crippen LogP contribution in [-0.2, 0) is 23.2 Å². The predicted molar refractivity (Wildman–Crippen MR) is 121 cm³/mol. The van der Waals surface area contributed by atoms with Gasteiger partial charge in [-0.05, 0) is 48.9 Å². The fraction of sp³-hybridized carbons (Fsp3) is 0.182. The van der Waals surface area contributed by atoms with Gasteiger partial charge in [0.1, 0.15) is 6.61 Å². The molecule has 3 rings (SSSR count).